The zero-order chi connectivity index (χ0) is 22.6. The van der Waals surface area contributed by atoms with Crippen LogP contribution in [0.3, 0.4) is 0 Å². The highest BCUT2D eigenvalue weighted by Gasteiger charge is 2.38. The van der Waals surface area contributed by atoms with Crippen molar-refractivity contribution in [2.75, 3.05) is 38.4 Å². The number of nitrogens with zero attached hydrogens (tertiary/aromatic N) is 4. The Labute approximate surface area is 188 Å². The van der Waals surface area contributed by atoms with Gasteiger partial charge in [0.25, 0.3) is 0 Å². The normalized spacial score (nSPS) is 21.7. The molecule has 0 spiro atoms. The Morgan fingerprint density at radius 3 is 2.56 bits per heavy atom. The van der Waals surface area contributed by atoms with E-state index in [9.17, 15) is 4.39 Å². The van der Waals surface area contributed by atoms with Crippen LogP contribution in [0.25, 0.3) is 0 Å². The topological polar surface area (TPSA) is 95.2 Å². The van der Waals surface area contributed by atoms with Crippen molar-refractivity contribution in [2.45, 2.75) is 63.5 Å². The molecule has 3 N–H and O–H groups in total. The van der Waals surface area contributed by atoms with E-state index in [1.807, 2.05) is 13.1 Å². The van der Waals surface area contributed by atoms with Gasteiger partial charge in [0.1, 0.15) is 18.3 Å². The molecule has 0 bridgehead atoms. The molecule has 1 aromatic carbocycles. The van der Waals surface area contributed by atoms with E-state index in [0.717, 1.165) is 32.3 Å². The number of benzene rings is 1. The first-order valence-corrected chi connectivity index (χ1v) is 11.6. The fourth-order valence-corrected chi connectivity index (χ4v) is 4.73. The number of anilines is 2. The summed E-state index contributed by atoms with van der Waals surface area (Å²) in [4.78, 5) is 13.6. The molecule has 8 nitrogen and oxygen atoms in total. The van der Waals surface area contributed by atoms with Crippen LogP contribution in [0.5, 0.6) is 5.75 Å². The molecule has 2 heterocycles. The molecular formula is C23H34FN6O2+. The maximum absolute atomic E-state index is 14.7. The first kappa shape index (κ1) is 22.7. The van der Waals surface area contributed by atoms with Gasteiger partial charge in [-0.05, 0) is 31.7 Å². The third-order valence-corrected chi connectivity index (χ3v) is 6.57. The van der Waals surface area contributed by atoms with Gasteiger partial charge < -0.3 is 20.5 Å². The number of halogens is 1. The Balaban J connectivity index is 1.70. The van der Waals surface area contributed by atoms with Crippen LogP contribution in [0.2, 0.25) is 0 Å². The van der Waals surface area contributed by atoms with Gasteiger partial charge in [-0.1, -0.05) is 25.7 Å². The predicted octanol–water partition coefficient (Wildman–Crippen LogP) is 4.18. The predicted molar refractivity (Wildman–Crippen MR) is 124 cm³/mol. The van der Waals surface area contributed by atoms with Gasteiger partial charge in [0.15, 0.2) is 11.6 Å². The number of hydrogen-bond donors (Lipinski definition) is 2. The van der Waals surface area contributed by atoms with Crippen LogP contribution in [0, 0.1) is 5.82 Å². The third-order valence-electron chi connectivity index (χ3n) is 6.57. The molecule has 32 heavy (non-hydrogen) atoms. The summed E-state index contributed by atoms with van der Waals surface area (Å²) in [7, 11) is 3.42. The maximum Gasteiger partial charge on any atom is 0.340 e. The monoisotopic (exact) mass is 445 g/mol. The van der Waals surface area contributed by atoms with Crippen molar-refractivity contribution in [2.24, 2.45) is 0 Å². The molecule has 174 valence electrons. The maximum atomic E-state index is 14.7. The molecule has 0 amide bonds. The fraction of sp³-hybridized carbons (Fsp3) is 0.609. The summed E-state index contributed by atoms with van der Waals surface area (Å²) in [5.74, 6) is 0.861. The van der Waals surface area contributed by atoms with E-state index < -0.39 is 5.82 Å². The van der Waals surface area contributed by atoms with Gasteiger partial charge in [0.05, 0.1) is 14.2 Å². The molecule has 2 aliphatic rings. The summed E-state index contributed by atoms with van der Waals surface area (Å²) in [5.41, 5.74) is 6.82. The Morgan fingerprint density at radius 1 is 1.12 bits per heavy atom. The van der Waals surface area contributed by atoms with Crippen LogP contribution in [0.15, 0.2) is 18.2 Å². The number of quaternary nitrogens is 1. The van der Waals surface area contributed by atoms with Crippen molar-refractivity contribution in [3.05, 3.63) is 24.0 Å². The van der Waals surface area contributed by atoms with Gasteiger partial charge in [-0.15, -0.1) is 9.97 Å². The zero-order valence-electron chi connectivity index (χ0n) is 19.0. The van der Waals surface area contributed by atoms with Crippen LogP contribution in [-0.2, 0) is 4.74 Å². The Kier molecular flexibility index (Phi) is 7.05. The highest BCUT2D eigenvalue weighted by molar-refractivity contribution is 5.56. The van der Waals surface area contributed by atoms with Crippen molar-refractivity contribution in [3.8, 4) is 5.75 Å². The molecule has 1 aliphatic heterocycles. The van der Waals surface area contributed by atoms with Gasteiger partial charge >= 0.3 is 5.95 Å². The van der Waals surface area contributed by atoms with Gasteiger partial charge in [0, 0.05) is 24.8 Å². The summed E-state index contributed by atoms with van der Waals surface area (Å²) >= 11 is 0. The molecule has 9 heteroatoms. The smallest absolute Gasteiger partial charge is 0.340 e. The van der Waals surface area contributed by atoms with Crippen molar-refractivity contribution < 1.29 is 13.9 Å². The van der Waals surface area contributed by atoms with E-state index in [-0.39, 0.29) is 22.3 Å². The van der Waals surface area contributed by atoms with Crippen LogP contribution in [-0.4, -0.2) is 54.4 Å². The van der Waals surface area contributed by atoms with E-state index in [1.54, 1.807) is 6.07 Å². The minimum atomic E-state index is -0.430. The Bertz CT molecular complexity index is 915. The largest absolute Gasteiger partial charge is 0.494 e. The average Bonchev–Trinajstić information content (AvgIpc) is 3.15. The van der Waals surface area contributed by atoms with Crippen LogP contribution in [0.1, 0.15) is 51.4 Å². The summed E-state index contributed by atoms with van der Waals surface area (Å²) in [6.07, 6.45) is 9.09. The lowest BCUT2D eigenvalue weighted by molar-refractivity contribution is 0.0927. The number of likely N-dealkylation sites (N-methyl/N-ethyl adjacent to an activating group) is 1. The van der Waals surface area contributed by atoms with E-state index in [2.05, 4.69) is 15.3 Å². The first-order valence-electron chi connectivity index (χ1n) is 11.6. The Hall–Kier alpha value is -2.52. The minimum absolute atomic E-state index is 0.0291. The molecule has 2 fully saturated rings. The van der Waals surface area contributed by atoms with E-state index >= 15 is 0 Å². The van der Waals surface area contributed by atoms with E-state index in [1.165, 1.54) is 38.9 Å². The number of aromatic nitrogens is 3. The van der Waals surface area contributed by atoms with Crippen molar-refractivity contribution in [3.63, 3.8) is 0 Å². The van der Waals surface area contributed by atoms with Crippen molar-refractivity contribution >= 4 is 23.5 Å². The molecule has 1 saturated carbocycles. The second-order valence-electron chi connectivity index (χ2n) is 8.98. The van der Waals surface area contributed by atoms with Crippen LogP contribution in [0.4, 0.5) is 27.9 Å². The van der Waals surface area contributed by atoms with Crippen LogP contribution >= 0.6 is 0 Å². The number of hydrogen-bond acceptors (Lipinski definition) is 7. The standard InChI is InChI=1S/C23H34FN6O2/c1-30(15-18-10-7-13-32-18,17-11-12-20(31-2)19(24)14-17)23-28-21(25)27-22(29-23)26-16-8-5-3-4-6-9-16/h11-12,14,16,18H,3-10,13,15H2,1-2H3,(H3,25,26,27,28,29)/q+1. The second-order valence-corrected chi connectivity index (χ2v) is 8.98. The van der Waals surface area contributed by atoms with Crippen molar-refractivity contribution in [1.29, 1.82) is 0 Å². The molecule has 2 atom stereocenters. The average molecular weight is 446 g/mol. The molecule has 1 saturated heterocycles. The molecular weight excluding hydrogens is 411 g/mol. The summed E-state index contributed by atoms with van der Waals surface area (Å²) < 4.78 is 25.8. The molecule has 1 aliphatic carbocycles. The summed E-state index contributed by atoms with van der Waals surface area (Å²) in [6.45, 7) is 1.30. The lowest BCUT2D eigenvalue weighted by Gasteiger charge is -2.33. The lowest BCUT2D eigenvalue weighted by Crippen LogP contribution is -2.47. The number of nitrogens with two attached hydrogens (primary N) is 1. The first-order chi connectivity index (χ1) is 15.5. The van der Waals surface area contributed by atoms with Gasteiger partial charge in [0.2, 0.25) is 11.9 Å². The number of nitrogen functional groups attached to an aromatic ring is 1. The molecule has 2 aromatic rings. The molecule has 4 rings (SSSR count). The highest BCUT2D eigenvalue weighted by atomic mass is 19.1. The quantitative estimate of drug-likeness (QED) is 0.487. The van der Waals surface area contributed by atoms with Gasteiger partial charge in [-0.3, -0.25) is 0 Å². The van der Waals surface area contributed by atoms with E-state index in [4.69, 9.17) is 20.2 Å². The fourth-order valence-electron chi connectivity index (χ4n) is 4.73. The Morgan fingerprint density at radius 2 is 1.91 bits per heavy atom. The van der Waals surface area contributed by atoms with E-state index in [0.29, 0.717) is 30.2 Å². The van der Waals surface area contributed by atoms with Crippen molar-refractivity contribution in [1.82, 2.24) is 19.4 Å². The number of methoxy groups -OCH3 is 1. The number of ether oxygens (including phenoxy) is 2. The third kappa shape index (κ3) is 5.10. The summed E-state index contributed by atoms with van der Waals surface area (Å²) in [6, 6.07) is 5.27. The molecule has 0 radical (unpaired) electrons. The number of nitrogens with one attached hydrogen (secondary N) is 1. The van der Waals surface area contributed by atoms with Crippen LogP contribution < -0.4 is 20.3 Å². The lowest BCUT2D eigenvalue weighted by atomic mass is 10.1. The molecule has 2 unspecified atom stereocenters. The second kappa shape index (κ2) is 9.95. The van der Waals surface area contributed by atoms with Gasteiger partial charge in [-0.2, -0.15) is 4.98 Å². The highest BCUT2D eigenvalue weighted by Crippen LogP contribution is 2.35. The zero-order valence-corrected chi connectivity index (χ0v) is 19.0. The summed E-state index contributed by atoms with van der Waals surface area (Å²) in [5, 5.41) is 3.47. The molecule has 1 aromatic heterocycles. The van der Waals surface area contributed by atoms with Gasteiger partial charge in [-0.25, -0.2) is 8.87 Å². The SMILES string of the molecule is COc1ccc([N+](C)(CC2CCCO2)c2nc(N)nc(NC3CCCCCC3)n2)cc1F. The number of rotatable bonds is 7. The minimum Gasteiger partial charge on any atom is -0.494 e.